The number of esters is 1. The Kier molecular flexibility index (Phi) is 5.20. The van der Waals surface area contributed by atoms with Crippen molar-refractivity contribution in [3.63, 3.8) is 0 Å². The number of rotatable bonds is 5. The quantitative estimate of drug-likeness (QED) is 0.789. The summed E-state index contributed by atoms with van der Waals surface area (Å²) < 4.78 is 41.6. The van der Waals surface area contributed by atoms with E-state index in [1.165, 1.54) is 12.1 Å². The molecule has 6 nitrogen and oxygen atoms in total. The van der Waals surface area contributed by atoms with Gasteiger partial charge in [-0.1, -0.05) is 6.07 Å². The maximum atomic E-state index is 13.0. The van der Waals surface area contributed by atoms with Crippen molar-refractivity contribution in [3.05, 3.63) is 30.1 Å². The van der Waals surface area contributed by atoms with Crippen molar-refractivity contribution in [3.8, 4) is 0 Å². The highest BCUT2D eigenvalue weighted by atomic mass is 32.2. The zero-order valence-corrected chi connectivity index (χ0v) is 11.7. The van der Waals surface area contributed by atoms with Crippen LogP contribution in [0.4, 0.5) is 4.39 Å². The first-order valence-corrected chi connectivity index (χ1v) is 7.24. The van der Waals surface area contributed by atoms with Crippen LogP contribution in [0.1, 0.15) is 6.92 Å². The molecule has 110 valence electrons. The van der Waals surface area contributed by atoms with Crippen LogP contribution in [0.15, 0.2) is 29.2 Å². The third-order valence-corrected chi connectivity index (χ3v) is 4.15. The van der Waals surface area contributed by atoms with Crippen LogP contribution >= 0.6 is 0 Å². The number of hydrogen-bond acceptors (Lipinski definition) is 5. The van der Waals surface area contributed by atoms with E-state index in [2.05, 4.69) is 10.1 Å². The molecule has 0 saturated heterocycles. The van der Waals surface area contributed by atoms with E-state index in [1.807, 2.05) is 0 Å². The second-order valence-corrected chi connectivity index (χ2v) is 6.05. The highest BCUT2D eigenvalue weighted by Crippen LogP contribution is 2.14. The van der Waals surface area contributed by atoms with E-state index in [4.69, 9.17) is 0 Å². The Labute approximate surface area is 115 Å². The summed E-state index contributed by atoms with van der Waals surface area (Å²) >= 11 is 0. The monoisotopic (exact) mass is 303 g/mol. The Morgan fingerprint density at radius 2 is 2.05 bits per heavy atom. The minimum atomic E-state index is -3.94. The number of carbonyl (C=O) groups is 2. The van der Waals surface area contributed by atoms with Gasteiger partial charge in [-0.05, 0) is 18.2 Å². The van der Waals surface area contributed by atoms with Crippen LogP contribution in [0.2, 0.25) is 0 Å². The summed E-state index contributed by atoms with van der Waals surface area (Å²) in [6, 6.07) is 3.06. The normalized spacial score (nSPS) is 12.6. The highest BCUT2D eigenvalue weighted by molar-refractivity contribution is 7.91. The van der Waals surface area contributed by atoms with Crippen LogP contribution in [0.3, 0.4) is 0 Å². The minimum Gasteiger partial charge on any atom is -0.467 e. The van der Waals surface area contributed by atoms with Gasteiger partial charge in [-0.2, -0.15) is 0 Å². The second-order valence-electron chi connectivity index (χ2n) is 4.02. The molecule has 0 bridgehead atoms. The number of ether oxygens (including phenoxy) is 1. The lowest BCUT2D eigenvalue weighted by Crippen LogP contribution is -2.45. The van der Waals surface area contributed by atoms with Crippen molar-refractivity contribution >= 4 is 21.7 Å². The Bertz CT molecular complexity index is 614. The van der Waals surface area contributed by atoms with E-state index >= 15 is 0 Å². The summed E-state index contributed by atoms with van der Waals surface area (Å²) in [5, 5.41) is 2.18. The molecule has 0 aliphatic carbocycles. The molecule has 1 aromatic carbocycles. The Hall–Kier alpha value is -1.96. The number of methoxy groups -OCH3 is 1. The number of benzene rings is 1. The number of carbonyl (C=O) groups excluding carboxylic acids is 2. The molecule has 8 heteroatoms. The SMILES string of the molecule is COC(=O)C(CS(=O)(=O)c1cccc(F)c1)NC(C)=O. The predicted octanol–water partition coefficient (Wildman–Crippen LogP) is 0.277. The summed E-state index contributed by atoms with van der Waals surface area (Å²) in [7, 11) is -2.86. The summed E-state index contributed by atoms with van der Waals surface area (Å²) in [4.78, 5) is 22.2. The fourth-order valence-electron chi connectivity index (χ4n) is 1.53. The standard InChI is InChI=1S/C12H14FNO5S/c1-8(15)14-11(12(16)19-2)7-20(17,18)10-5-3-4-9(13)6-10/h3-6,11H,7H2,1-2H3,(H,14,15). The van der Waals surface area contributed by atoms with Crippen molar-refractivity contribution in [1.82, 2.24) is 5.32 Å². The van der Waals surface area contributed by atoms with Gasteiger partial charge in [0.15, 0.2) is 9.84 Å². The first-order valence-electron chi connectivity index (χ1n) is 5.59. The van der Waals surface area contributed by atoms with Gasteiger partial charge in [-0.3, -0.25) is 4.79 Å². The number of sulfone groups is 1. The Balaban J connectivity index is 3.02. The minimum absolute atomic E-state index is 0.267. The van der Waals surface area contributed by atoms with Crippen LogP contribution in [-0.2, 0) is 24.2 Å². The Morgan fingerprint density at radius 3 is 2.55 bits per heavy atom. The van der Waals surface area contributed by atoms with Gasteiger partial charge in [0.1, 0.15) is 11.9 Å². The van der Waals surface area contributed by atoms with Crippen LogP contribution in [0.25, 0.3) is 0 Å². The molecule has 0 saturated carbocycles. The lowest BCUT2D eigenvalue weighted by molar-refractivity contribution is -0.144. The van der Waals surface area contributed by atoms with Crippen LogP contribution in [0, 0.1) is 5.82 Å². The zero-order chi connectivity index (χ0) is 15.3. The summed E-state index contributed by atoms with van der Waals surface area (Å²) in [5.41, 5.74) is 0. The number of hydrogen-bond donors (Lipinski definition) is 1. The molecule has 1 N–H and O–H groups in total. The van der Waals surface area contributed by atoms with Gasteiger partial charge in [-0.25, -0.2) is 17.6 Å². The van der Waals surface area contributed by atoms with E-state index in [0.29, 0.717) is 0 Å². The molecule has 1 unspecified atom stereocenters. The fraction of sp³-hybridized carbons (Fsp3) is 0.333. The molecule has 0 radical (unpaired) electrons. The molecule has 1 atom stereocenters. The zero-order valence-electron chi connectivity index (χ0n) is 10.9. The van der Waals surface area contributed by atoms with Gasteiger partial charge in [0, 0.05) is 6.92 Å². The van der Waals surface area contributed by atoms with E-state index in [-0.39, 0.29) is 4.90 Å². The first-order chi connectivity index (χ1) is 9.26. The van der Waals surface area contributed by atoms with Gasteiger partial charge in [0.2, 0.25) is 5.91 Å². The summed E-state index contributed by atoms with van der Waals surface area (Å²) in [6.45, 7) is 1.14. The van der Waals surface area contributed by atoms with Crippen molar-refractivity contribution in [2.75, 3.05) is 12.9 Å². The largest absolute Gasteiger partial charge is 0.467 e. The molecule has 20 heavy (non-hydrogen) atoms. The smallest absolute Gasteiger partial charge is 0.329 e. The molecule has 1 amide bonds. The van der Waals surface area contributed by atoms with Crippen LogP contribution in [-0.4, -0.2) is 39.2 Å². The van der Waals surface area contributed by atoms with E-state index in [0.717, 1.165) is 26.2 Å². The fourth-order valence-corrected chi connectivity index (χ4v) is 2.96. The molecule has 0 aliphatic rings. The predicted molar refractivity (Wildman–Crippen MR) is 68.1 cm³/mol. The number of halogens is 1. The van der Waals surface area contributed by atoms with E-state index < -0.39 is 39.3 Å². The van der Waals surface area contributed by atoms with Crippen LogP contribution < -0.4 is 5.32 Å². The Morgan fingerprint density at radius 1 is 1.40 bits per heavy atom. The second kappa shape index (κ2) is 6.47. The van der Waals surface area contributed by atoms with Crippen LogP contribution in [0.5, 0.6) is 0 Å². The van der Waals surface area contributed by atoms with E-state index in [9.17, 15) is 22.4 Å². The molecule has 0 heterocycles. The van der Waals surface area contributed by atoms with Gasteiger partial charge < -0.3 is 10.1 Å². The lowest BCUT2D eigenvalue weighted by Gasteiger charge is -2.15. The van der Waals surface area contributed by atoms with Gasteiger partial charge in [-0.15, -0.1) is 0 Å². The number of nitrogens with one attached hydrogen (secondary N) is 1. The third kappa shape index (κ3) is 4.30. The van der Waals surface area contributed by atoms with Crippen molar-refractivity contribution in [2.24, 2.45) is 0 Å². The first kappa shape index (κ1) is 16.1. The summed E-state index contributed by atoms with van der Waals surface area (Å²) in [6.07, 6.45) is 0. The van der Waals surface area contributed by atoms with Gasteiger partial charge in [0.05, 0.1) is 17.8 Å². The molecular formula is C12H14FNO5S. The molecule has 0 spiro atoms. The average molecular weight is 303 g/mol. The van der Waals surface area contributed by atoms with Crippen molar-refractivity contribution < 1.29 is 27.1 Å². The molecule has 1 aromatic rings. The summed E-state index contributed by atoms with van der Waals surface area (Å²) in [5.74, 6) is -2.88. The molecule has 1 rings (SSSR count). The third-order valence-electron chi connectivity index (χ3n) is 2.40. The molecule has 0 aliphatic heterocycles. The van der Waals surface area contributed by atoms with E-state index in [1.54, 1.807) is 0 Å². The van der Waals surface area contributed by atoms with Crippen molar-refractivity contribution in [2.45, 2.75) is 17.9 Å². The maximum absolute atomic E-state index is 13.0. The molecular weight excluding hydrogens is 289 g/mol. The maximum Gasteiger partial charge on any atom is 0.329 e. The topological polar surface area (TPSA) is 89.5 Å². The lowest BCUT2D eigenvalue weighted by atomic mass is 10.3. The van der Waals surface area contributed by atoms with Gasteiger partial charge >= 0.3 is 5.97 Å². The number of amides is 1. The molecule has 0 aromatic heterocycles. The molecule has 0 fully saturated rings. The average Bonchev–Trinajstić information content (AvgIpc) is 2.36. The highest BCUT2D eigenvalue weighted by Gasteiger charge is 2.28. The van der Waals surface area contributed by atoms with Crippen molar-refractivity contribution in [1.29, 1.82) is 0 Å². The van der Waals surface area contributed by atoms with Gasteiger partial charge in [0.25, 0.3) is 0 Å².